The summed E-state index contributed by atoms with van der Waals surface area (Å²) >= 11 is -2.69. The third-order valence-corrected chi connectivity index (χ3v) is 1.13. The standard InChI is InChI=1S/C6H6O6S/c7-4-2-1-3-5(6(8)9)12-13(10)11/h1-4H,(H,8,9)(H,10,11). The summed E-state index contributed by atoms with van der Waals surface area (Å²) in [6.45, 7) is 0. The Balaban J connectivity index is 4.49. The molecule has 6 nitrogen and oxygen atoms in total. The van der Waals surface area contributed by atoms with Crippen molar-refractivity contribution >= 4 is 23.6 Å². The van der Waals surface area contributed by atoms with E-state index in [-0.39, 0.29) is 0 Å². The van der Waals surface area contributed by atoms with Crippen LogP contribution in [0.5, 0.6) is 0 Å². The fourth-order valence-electron chi connectivity index (χ4n) is 0.400. The van der Waals surface area contributed by atoms with Crippen molar-refractivity contribution in [1.29, 1.82) is 0 Å². The van der Waals surface area contributed by atoms with Crippen LogP contribution in [0.2, 0.25) is 0 Å². The van der Waals surface area contributed by atoms with Gasteiger partial charge in [0.05, 0.1) is 0 Å². The zero-order chi connectivity index (χ0) is 10.3. The minimum absolute atomic E-state index is 0.423. The molecule has 0 bridgehead atoms. The number of carbonyl (C=O) groups excluding carboxylic acids is 1. The molecule has 0 spiro atoms. The maximum absolute atomic E-state index is 10.3. The van der Waals surface area contributed by atoms with E-state index in [1.807, 2.05) is 0 Å². The number of allylic oxidation sites excluding steroid dienone is 3. The summed E-state index contributed by atoms with van der Waals surface area (Å²) in [5, 5.41) is 8.36. The monoisotopic (exact) mass is 206 g/mol. The van der Waals surface area contributed by atoms with Gasteiger partial charge >= 0.3 is 17.3 Å². The van der Waals surface area contributed by atoms with E-state index in [9.17, 15) is 13.8 Å². The normalized spacial score (nSPS) is 14.1. The lowest BCUT2D eigenvalue weighted by molar-refractivity contribution is -0.135. The van der Waals surface area contributed by atoms with Crippen LogP contribution in [-0.2, 0) is 25.1 Å². The number of aldehydes is 1. The summed E-state index contributed by atoms with van der Waals surface area (Å²) in [6, 6.07) is 0. The maximum atomic E-state index is 10.3. The van der Waals surface area contributed by atoms with Gasteiger partial charge in [0.1, 0.15) is 6.29 Å². The lowest BCUT2D eigenvalue weighted by Gasteiger charge is -1.97. The first-order valence-electron chi connectivity index (χ1n) is 2.92. The summed E-state index contributed by atoms with van der Waals surface area (Å²) in [4.78, 5) is 20.0. The molecule has 1 unspecified atom stereocenters. The SMILES string of the molecule is O=CC=CC=C(OS(=O)O)C(=O)O. The minimum atomic E-state index is -2.69. The molecule has 0 saturated heterocycles. The van der Waals surface area contributed by atoms with Crippen LogP contribution in [0, 0.1) is 0 Å². The molecule has 72 valence electrons. The lowest BCUT2D eigenvalue weighted by atomic mass is 10.4. The predicted molar refractivity (Wildman–Crippen MR) is 42.8 cm³/mol. The Morgan fingerprint density at radius 1 is 1.38 bits per heavy atom. The van der Waals surface area contributed by atoms with Crippen LogP contribution in [0.25, 0.3) is 0 Å². The van der Waals surface area contributed by atoms with Crippen LogP contribution in [-0.4, -0.2) is 26.1 Å². The quantitative estimate of drug-likeness (QED) is 0.213. The fraction of sp³-hybridized carbons (Fsp3) is 0. The summed E-state index contributed by atoms with van der Waals surface area (Å²) in [7, 11) is 0. The molecule has 0 aliphatic rings. The van der Waals surface area contributed by atoms with E-state index >= 15 is 0 Å². The summed E-state index contributed by atoms with van der Waals surface area (Å²) in [6.07, 6.45) is 3.38. The molecule has 0 aliphatic carbocycles. The van der Waals surface area contributed by atoms with Gasteiger partial charge in [-0.1, -0.05) is 6.08 Å². The van der Waals surface area contributed by atoms with Crippen LogP contribution in [0.15, 0.2) is 24.0 Å². The van der Waals surface area contributed by atoms with Gasteiger partial charge in [0.15, 0.2) is 0 Å². The minimum Gasteiger partial charge on any atom is -0.475 e. The number of carboxylic acids is 1. The van der Waals surface area contributed by atoms with Crippen molar-refractivity contribution in [3.63, 3.8) is 0 Å². The zero-order valence-corrected chi connectivity index (χ0v) is 7.06. The van der Waals surface area contributed by atoms with Crippen molar-refractivity contribution < 1.29 is 27.6 Å². The van der Waals surface area contributed by atoms with Crippen molar-refractivity contribution in [2.24, 2.45) is 0 Å². The third-order valence-electron chi connectivity index (χ3n) is 0.809. The smallest absolute Gasteiger partial charge is 0.372 e. The Hall–Kier alpha value is -1.47. The average molecular weight is 206 g/mol. The van der Waals surface area contributed by atoms with Crippen LogP contribution < -0.4 is 0 Å². The van der Waals surface area contributed by atoms with E-state index in [1.54, 1.807) is 0 Å². The Bertz CT molecular complexity index is 279. The number of hydrogen-bond donors (Lipinski definition) is 2. The molecule has 2 N–H and O–H groups in total. The van der Waals surface area contributed by atoms with Crippen molar-refractivity contribution in [3.05, 3.63) is 24.0 Å². The number of carboxylic acid groups (broad SMARTS) is 1. The molecule has 0 radical (unpaired) electrons. The van der Waals surface area contributed by atoms with Crippen LogP contribution in [0.4, 0.5) is 0 Å². The van der Waals surface area contributed by atoms with E-state index < -0.39 is 23.1 Å². The van der Waals surface area contributed by atoms with Crippen molar-refractivity contribution in [3.8, 4) is 0 Å². The van der Waals surface area contributed by atoms with Crippen LogP contribution in [0.1, 0.15) is 0 Å². The van der Waals surface area contributed by atoms with Gasteiger partial charge in [0, 0.05) is 0 Å². The highest BCUT2D eigenvalue weighted by atomic mass is 32.2. The largest absolute Gasteiger partial charge is 0.475 e. The number of carbonyl (C=O) groups is 2. The molecule has 13 heavy (non-hydrogen) atoms. The second-order valence-electron chi connectivity index (χ2n) is 1.66. The molecule has 0 heterocycles. The van der Waals surface area contributed by atoms with Gasteiger partial charge < -0.3 is 9.29 Å². The molecule has 1 atom stereocenters. The van der Waals surface area contributed by atoms with Gasteiger partial charge in [-0.3, -0.25) is 9.35 Å². The third kappa shape index (κ3) is 5.76. The van der Waals surface area contributed by atoms with E-state index in [4.69, 9.17) is 9.66 Å². The van der Waals surface area contributed by atoms with Crippen molar-refractivity contribution in [2.45, 2.75) is 0 Å². The highest BCUT2D eigenvalue weighted by Crippen LogP contribution is 1.99. The highest BCUT2D eigenvalue weighted by Gasteiger charge is 2.10. The molecule has 0 rings (SSSR count). The molecule has 0 saturated carbocycles. The molecular weight excluding hydrogens is 200 g/mol. The summed E-state index contributed by atoms with van der Waals surface area (Å²) < 4.78 is 22.2. The molecule has 0 aromatic heterocycles. The molecule has 0 aromatic carbocycles. The molecule has 7 heteroatoms. The van der Waals surface area contributed by atoms with Crippen molar-refractivity contribution in [2.75, 3.05) is 0 Å². The van der Waals surface area contributed by atoms with Crippen LogP contribution >= 0.6 is 0 Å². The summed E-state index contributed by atoms with van der Waals surface area (Å²) in [5.74, 6) is -2.23. The molecule has 0 amide bonds. The highest BCUT2D eigenvalue weighted by molar-refractivity contribution is 7.74. The van der Waals surface area contributed by atoms with Gasteiger partial charge in [-0.25, -0.2) is 4.79 Å². The first-order valence-corrected chi connectivity index (χ1v) is 3.95. The predicted octanol–water partition coefficient (Wildman–Crippen LogP) is -0.137. The molecule has 0 aromatic rings. The Morgan fingerprint density at radius 3 is 2.38 bits per heavy atom. The Morgan fingerprint density at radius 2 is 2.00 bits per heavy atom. The lowest BCUT2D eigenvalue weighted by Crippen LogP contribution is -2.06. The van der Waals surface area contributed by atoms with E-state index in [1.165, 1.54) is 0 Å². The van der Waals surface area contributed by atoms with E-state index in [0.29, 0.717) is 6.29 Å². The second kappa shape index (κ2) is 6.09. The zero-order valence-electron chi connectivity index (χ0n) is 6.25. The first kappa shape index (κ1) is 11.5. The van der Waals surface area contributed by atoms with Gasteiger partial charge in [-0.2, -0.15) is 4.21 Å². The molecule has 0 fully saturated rings. The van der Waals surface area contributed by atoms with Crippen molar-refractivity contribution in [1.82, 2.24) is 0 Å². The number of aliphatic carboxylic acids is 1. The van der Waals surface area contributed by atoms with Gasteiger partial charge in [-0.15, -0.1) is 0 Å². The number of hydrogen-bond acceptors (Lipinski definition) is 4. The van der Waals surface area contributed by atoms with E-state index in [2.05, 4.69) is 4.18 Å². The second-order valence-corrected chi connectivity index (χ2v) is 2.26. The maximum Gasteiger partial charge on any atom is 0.372 e. The van der Waals surface area contributed by atoms with Gasteiger partial charge in [-0.05, 0) is 12.2 Å². The topological polar surface area (TPSA) is 101 Å². The Labute approximate surface area is 76.0 Å². The Kier molecular flexibility index (Phi) is 5.40. The average Bonchev–Trinajstić information content (AvgIpc) is 2.02. The first-order chi connectivity index (χ1) is 6.07. The summed E-state index contributed by atoms with van der Waals surface area (Å²) in [5.41, 5.74) is 0. The van der Waals surface area contributed by atoms with Crippen LogP contribution in [0.3, 0.4) is 0 Å². The molecular formula is C6H6O6S. The van der Waals surface area contributed by atoms with E-state index in [0.717, 1.165) is 18.2 Å². The number of rotatable bonds is 5. The molecule has 0 aliphatic heterocycles. The van der Waals surface area contributed by atoms with Gasteiger partial charge in [0.2, 0.25) is 5.76 Å². The van der Waals surface area contributed by atoms with Gasteiger partial charge in [0.25, 0.3) is 0 Å². The fourth-order valence-corrected chi connectivity index (χ4v) is 0.680.